The molecule has 1 aromatic heterocycles. The molecule has 1 atom stereocenters. The van der Waals surface area contributed by atoms with E-state index in [1.165, 1.54) is 11.3 Å². The second-order valence-corrected chi connectivity index (χ2v) is 5.20. The monoisotopic (exact) mass is 261 g/mol. The number of nitrogens with zero attached hydrogens (tertiary/aromatic N) is 1. The Morgan fingerprint density at radius 2 is 2.28 bits per heavy atom. The van der Waals surface area contributed by atoms with Crippen molar-refractivity contribution in [2.45, 2.75) is 12.8 Å². The number of ether oxygens (including phenoxy) is 1. The minimum absolute atomic E-state index is 0.0537. The number of carboxylic acid groups (broad SMARTS) is 1. The fourth-order valence-corrected chi connectivity index (χ4v) is 3.14. The Balaban J connectivity index is 2.03. The van der Waals surface area contributed by atoms with Crippen molar-refractivity contribution in [1.82, 2.24) is 4.98 Å². The lowest BCUT2D eigenvalue weighted by Crippen LogP contribution is -2.01. The maximum absolute atomic E-state index is 11.0. The molecule has 18 heavy (non-hydrogen) atoms. The zero-order valence-corrected chi connectivity index (χ0v) is 10.5. The molecule has 0 saturated heterocycles. The van der Waals surface area contributed by atoms with Crippen LogP contribution >= 0.6 is 11.3 Å². The summed E-state index contributed by atoms with van der Waals surface area (Å²) < 4.78 is 5.59. The van der Waals surface area contributed by atoms with Crippen molar-refractivity contribution < 1.29 is 14.6 Å². The minimum atomic E-state index is -0.913. The summed E-state index contributed by atoms with van der Waals surface area (Å²) in [5.41, 5.74) is 1.66. The van der Waals surface area contributed by atoms with E-state index in [0.29, 0.717) is 17.2 Å². The van der Waals surface area contributed by atoms with Crippen LogP contribution in [0.25, 0.3) is 0 Å². The van der Waals surface area contributed by atoms with Crippen molar-refractivity contribution in [2.75, 3.05) is 6.61 Å². The van der Waals surface area contributed by atoms with Gasteiger partial charge in [-0.2, -0.15) is 0 Å². The van der Waals surface area contributed by atoms with Crippen molar-refractivity contribution in [3.05, 3.63) is 45.4 Å². The number of benzene rings is 1. The highest BCUT2D eigenvalue weighted by Gasteiger charge is 2.29. The summed E-state index contributed by atoms with van der Waals surface area (Å²) in [4.78, 5) is 15.7. The fraction of sp³-hybridized carbons (Fsp3) is 0.231. The summed E-state index contributed by atoms with van der Waals surface area (Å²) in [5, 5.41) is 9.87. The number of rotatable bonds is 2. The highest BCUT2D eigenvalue weighted by atomic mass is 32.1. The van der Waals surface area contributed by atoms with Crippen LogP contribution in [-0.2, 0) is 0 Å². The third kappa shape index (κ3) is 1.67. The first-order valence-corrected chi connectivity index (χ1v) is 6.41. The van der Waals surface area contributed by atoms with Crippen LogP contribution in [0.1, 0.15) is 31.9 Å². The van der Waals surface area contributed by atoms with E-state index in [1.54, 1.807) is 6.92 Å². The number of hydrogen-bond donors (Lipinski definition) is 1. The van der Waals surface area contributed by atoms with Crippen LogP contribution in [0.5, 0.6) is 5.75 Å². The first kappa shape index (κ1) is 11.2. The van der Waals surface area contributed by atoms with Gasteiger partial charge in [0.05, 0.1) is 11.6 Å². The number of fused-ring (bicyclic) bond motifs is 1. The van der Waals surface area contributed by atoms with Crippen LogP contribution in [0, 0.1) is 6.92 Å². The van der Waals surface area contributed by atoms with E-state index < -0.39 is 5.97 Å². The third-order valence-corrected chi connectivity index (χ3v) is 4.26. The number of aromatic nitrogens is 1. The Morgan fingerprint density at radius 3 is 3.00 bits per heavy atom. The second kappa shape index (κ2) is 4.10. The summed E-state index contributed by atoms with van der Waals surface area (Å²) >= 11 is 1.24. The Morgan fingerprint density at radius 1 is 1.50 bits per heavy atom. The standard InChI is InChI=1S/C13H11NO3S/c1-7-11(13(15)16)18-12(14-7)9-6-17-10-5-3-2-4-8(9)10/h2-5,9H,6H2,1H3,(H,15,16). The number of carbonyl (C=O) groups is 1. The quantitative estimate of drug-likeness (QED) is 0.903. The molecule has 0 fully saturated rings. The van der Waals surface area contributed by atoms with E-state index in [9.17, 15) is 4.79 Å². The summed E-state index contributed by atoms with van der Waals surface area (Å²) in [6, 6.07) is 7.81. The normalized spacial score (nSPS) is 17.3. The van der Waals surface area contributed by atoms with Gasteiger partial charge in [0.1, 0.15) is 22.2 Å². The number of aromatic carboxylic acids is 1. The predicted molar refractivity (Wildman–Crippen MR) is 67.6 cm³/mol. The number of thiazole rings is 1. The van der Waals surface area contributed by atoms with E-state index in [0.717, 1.165) is 16.3 Å². The van der Waals surface area contributed by atoms with Crippen molar-refractivity contribution in [1.29, 1.82) is 0 Å². The summed E-state index contributed by atoms with van der Waals surface area (Å²) in [7, 11) is 0. The molecule has 1 unspecified atom stereocenters. The van der Waals surface area contributed by atoms with Crippen LogP contribution in [0.15, 0.2) is 24.3 Å². The molecule has 1 N–H and O–H groups in total. The SMILES string of the molecule is Cc1nc(C2COc3ccccc32)sc1C(=O)O. The third-order valence-electron chi connectivity index (χ3n) is 3.01. The molecule has 4 nitrogen and oxygen atoms in total. The van der Waals surface area contributed by atoms with Crippen LogP contribution in [0.4, 0.5) is 0 Å². The smallest absolute Gasteiger partial charge is 0.347 e. The fourth-order valence-electron chi connectivity index (χ4n) is 2.13. The maximum Gasteiger partial charge on any atom is 0.347 e. The van der Waals surface area contributed by atoms with E-state index in [1.807, 2.05) is 24.3 Å². The zero-order valence-electron chi connectivity index (χ0n) is 9.71. The summed E-state index contributed by atoms with van der Waals surface area (Å²) in [6.07, 6.45) is 0. The van der Waals surface area contributed by atoms with Gasteiger partial charge in [-0.15, -0.1) is 11.3 Å². The largest absolute Gasteiger partial charge is 0.492 e. The van der Waals surface area contributed by atoms with Gasteiger partial charge >= 0.3 is 5.97 Å². The molecule has 2 aromatic rings. The molecule has 0 saturated carbocycles. The van der Waals surface area contributed by atoms with Gasteiger partial charge < -0.3 is 9.84 Å². The summed E-state index contributed by atoms with van der Waals surface area (Å²) in [6.45, 7) is 2.26. The lowest BCUT2D eigenvalue weighted by molar-refractivity contribution is 0.0701. The molecular formula is C13H11NO3S. The zero-order chi connectivity index (χ0) is 12.7. The van der Waals surface area contributed by atoms with Crippen molar-refractivity contribution in [3.63, 3.8) is 0 Å². The summed E-state index contributed by atoms with van der Waals surface area (Å²) in [5.74, 6) is 0.00804. The molecule has 5 heteroatoms. The highest BCUT2D eigenvalue weighted by molar-refractivity contribution is 7.13. The van der Waals surface area contributed by atoms with Crippen molar-refractivity contribution in [3.8, 4) is 5.75 Å². The van der Waals surface area contributed by atoms with Crippen molar-refractivity contribution in [2.24, 2.45) is 0 Å². The van der Waals surface area contributed by atoms with E-state index in [-0.39, 0.29) is 5.92 Å². The molecule has 0 amide bonds. The lowest BCUT2D eigenvalue weighted by Gasteiger charge is -2.03. The molecule has 92 valence electrons. The number of hydrogen-bond acceptors (Lipinski definition) is 4. The number of aryl methyl sites for hydroxylation is 1. The van der Waals surface area contributed by atoms with Gasteiger partial charge in [-0.25, -0.2) is 9.78 Å². The average Bonchev–Trinajstić information content (AvgIpc) is 2.92. The molecule has 0 aliphatic carbocycles. The minimum Gasteiger partial charge on any atom is -0.492 e. The highest BCUT2D eigenvalue weighted by Crippen LogP contribution is 2.39. The molecule has 2 heterocycles. The van der Waals surface area contributed by atoms with Gasteiger partial charge in [0.15, 0.2) is 0 Å². The molecule has 3 rings (SSSR count). The van der Waals surface area contributed by atoms with Gasteiger partial charge in [0.25, 0.3) is 0 Å². The molecular weight excluding hydrogens is 250 g/mol. The predicted octanol–water partition coefficient (Wildman–Crippen LogP) is 2.67. The van der Waals surface area contributed by atoms with Gasteiger partial charge in [0, 0.05) is 5.56 Å². The average molecular weight is 261 g/mol. The topological polar surface area (TPSA) is 59.4 Å². The number of para-hydroxylation sites is 1. The van der Waals surface area contributed by atoms with Crippen molar-refractivity contribution >= 4 is 17.3 Å². The molecule has 0 spiro atoms. The maximum atomic E-state index is 11.0. The Bertz CT molecular complexity index is 620. The van der Waals surface area contributed by atoms with Crippen LogP contribution in [0.2, 0.25) is 0 Å². The Hall–Kier alpha value is -1.88. The molecule has 0 bridgehead atoms. The van der Waals surface area contributed by atoms with Gasteiger partial charge in [-0.3, -0.25) is 0 Å². The van der Waals surface area contributed by atoms with Crippen LogP contribution in [0.3, 0.4) is 0 Å². The Labute approximate surface area is 108 Å². The molecule has 1 aromatic carbocycles. The van der Waals surface area contributed by atoms with Crippen LogP contribution < -0.4 is 4.74 Å². The molecule has 0 radical (unpaired) electrons. The lowest BCUT2D eigenvalue weighted by atomic mass is 10.0. The van der Waals surface area contributed by atoms with E-state index >= 15 is 0 Å². The molecule has 1 aliphatic rings. The number of carboxylic acids is 1. The first-order valence-electron chi connectivity index (χ1n) is 5.59. The van der Waals surface area contributed by atoms with Gasteiger partial charge in [-0.1, -0.05) is 18.2 Å². The first-order chi connectivity index (χ1) is 8.66. The second-order valence-electron chi connectivity index (χ2n) is 4.17. The van der Waals surface area contributed by atoms with Crippen LogP contribution in [-0.4, -0.2) is 22.7 Å². The Kier molecular flexibility index (Phi) is 2.56. The van der Waals surface area contributed by atoms with E-state index in [2.05, 4.69) is 4.98 Å². The molecule has 1 aliphatic heterocycles. The van der Waals surface area contributed by atoms with Gasteiger partial charge in [-0.05, 0) is 13.0 Å². The van der Waals surface area contributed by atoms with E-state index in [4.69, 9.17) is 9.84 Å². The van der Waals surface area contributed by atoms with Gasteiger partial charge in [0.2, 0.25) is 0 Å².